The number of guanidine groups is 1. The number of aryl methyl sites for hydroxylation is 1. The molecule has 25 heavy (non-hydrogen) atoms. The van der Waals surface area contributed by atoms with Crippen molar-refractivity contribution in [2.24, 2.45) is 4.99 Å². The van der Waals surface area contributed by atoms with Crippen LogP contribution < -0.4 is 10.6 Å². The molecule has 2 heterocycles. The lowest BCUT2D eigenvalue weighted by atomic mass is 10.4. The highest BCUT2D eigenvalue weighted by Crippen LogP contribution is 2.29. The summed E-state index contributed by atoms with van der Waals surface area (Å²) in [6.07, 6.45) is -4.03. The molecule has 0 unspecified atom stereocenters. The van der Waals surface area contributed by atoms with Crippen molar-refractivity contribution in [1.82, 2.24) is 25.8 Å². The molecule has 0 bridgehead atoms. The van der Waals surface area contributed by atoms with Gasteiger partial charge in [0, 0.05) is 31.8 Å². The van der Waals surface area contributed by atoms with Crippen molar-refractivity contribution in [3.8, 4) is 0 Å². The summed E-state index contributed by atoms with van der Waals surface area (Å²) < 4.78 is 42.3. The van der Waals surface area contributed by atoms with Gasteiger partial charge in [-0.1, -0.05) is 5.16 Å². The van der Waals surface area contributed by atoms with E-state index in [0.29, 0.717) is 42.2 Å². The van der Waals surface area contributed by atoms with Gasteiger partial charge in [0.1, 0.15) is 6.54 Å². The van der Waals surface area contributed by atoms with Crippen LogP contribution in [0.25, 0.3) is 0 Å². The summed E-state index contributed by atoms with van der Waals surface area (Å²) in [5, 5.41) is 11.2. The standard InChI is InChI=1S/C13H17F3N6OS.HI/c1-3-17-12(19-6-10-20-8(2)23-22-10)18-5-4-11-21-9(7-24-11)13(14,15)16;/h7H,3-6H2,1-2H3,(H2,17,18,19);1H. The maximum absolute atomic E-state index is 12.5. The molecule has 2 N–H and O–H groups in total. The number of nitrogens with zero attached hydrogens (tertiary/aromatic N) is 4. The summed E-state index contributed by atoms with van der Waals surface area (Å²) in [6, 6.07) is 0. The van der Waals surface area contributed by atoms with Gasteiger partial charge in [-0.2, -0.15) is 18.2 Å². The topological polar surface area (TPSA) is 88.2 Å². The molecule has 0 aliphatic heterocycles. The van der Waals surface area contributed by atoms with Crippen LogP contribution in [0.5, 0.6) is 0 Å². The van der Waals surface area contributed by atoms with Gasteiger partial charge in [-0.05, 0) is 6.92 Å². The molecule has 0 aliphatic carbocycles. The van der Waals surface area contributed by atoms with E-state index >= 15 is 0 Å². The monoisotopic (exact) mass is 490 g/mol. The normalized spacial score (nSPS) is 12.0. The maximum atomic E-state index is 12.5. The van der Waals surface area contributed by atoms with E-state index < -0.39 is 11.9 Å². The van der Waals surface area contributed by atoms with Gasteiger partial charge >= 0.3 is 6.18 Å². The van der Waals surface area contributed by atoms with Crippen LogP contribution in [0.1, 0.15) is 29.3 Å². The second-order valence-corrected chi connectivity index (χ2v) is 5.67. The third kappa shape index (κ3) is 7.13. The van der Waals surface area contributed by atoms with Crippen LogP contribution in [-0.2, 0) is 19.1 Å². The molecular formula is C13H18F3IN6OS. The second kappa shape index (κ2) is 9.89. The molecule has 0 saturated heterocycles. The Labute approximate surface area is 163 Å². The summed E-state index contributed by atoms with van der Waals surface area (Å²) >= 11 is 0.991. The Bertz CT molecular complexity index is 687. The third-order valence-electron chi connectivity index (χ3n) is 2.77. The van der Waals surface area contributed by atoms with Crippen molar-refractivity contribution in [2.45, 2.75) is 33.0 Å². The molecule has 2 aromatic rings. The lowest BCUT2D eigenvalue weighted by Gasteiger charge is -2.09. The SMILES string of the molecule is CCNC(=NCc1noc(C)n1)NCCc1nc(C(F)(F)F)cs1.I. The molecule has 0 atom stereocenters. The number of hydrogen-bond donors (Lipinski definition) is 2. The minimum absolute atomic E-state index is 0. The Morgan fingerprint density at radius 2 is 2.08 bits per heavy atom. The van der Waals surface area contributed by atoms with Crippen LogP contribution in [0, 0.1) is 6.92 Å². The van der Waals surface area contributed by atoms with Crippen LogP contribution >= 0.6 is 35.3 Å². The zero-order valence-electron chi connectivity index (χ0n) is 13.6. The largest absolute Gasteiger partial charge is 0.434 e. The highest BCUT2D eigenvalue weighted by molar-refractivity contribution is 14.0. The average molecular weight is 490 g/mol. The Kier molecular flexibility index (Phi) is 8.55. The van der Waals surface area contributed by atoms with Crippen LogP contribution in [0.3, 0.4) is 0 Å². The Morgan fingerprint density at radius 1 is 1.32 bits per heavy atom. The Balaban J connectivity index is 0.00000312. The van der Waals surface area contributed by atoms with Crippen molar-refractivity contribution in [2.75, 3.05) is 13.1 Å². The van der Waals surface area contributed by atoms with Crippen molar-refractivity contribution >= 4 is 41.3 Å². The number of aromatic nitrogens is 3. The van der Waals surface area contributed by atoms with Gasteiger partial charge < -0.3 is 15.2 Å². The number of hydrogen-bond acceptors (Lipinski definition) is 6. The summed E-state index contributed by atoms with van der Waals surface area (Å²) in [5.41, 5.74) is -0.851. The zero-order valence-corrected chi connectivity index (χ0v) is 16.7. The molecule has 0 saturated carbocycles. The smallest absolute Gasteiger partial charge is 0.357 e. The lowest BCUT2D eigenvalue weighted by molar-refractivity contribution is -0.140. The van der Waals surface area contributed by atoms with E-state index in [9.17, 15) is 13.2 Å². The van der Waals surface area contributed by atoms with Crippen molar-refractivity contribution in [3.05, 3.63) is 27.8 Å². The maximum Gasteiger partial charge on any atom is 0.434 e. The quantitative estimate of drug-likeness (QED) is 0.368. The predicted molar refractivity (Wildman–Crippen MR) is 98.1 cm³/mol. The summed E-state index contributed by atoms with van der Waals surface area (Å²) in [6.45, 7) is 4.88. The second-order valence-electron chi connectivity index (χ2n) is 4.73. The molecule has 0 aromatic carbocycles. The van der Waals surface area contributed by atoms with Crippen LogP contribution in [0.15, 0.2) is 14.9 Å². The van der Waals surface area contributed by atoms with Crippen molar-refractivity contribution < 1.29 is 17.7 Å². The fourth-order valence-electron chi connectivity index (χ4n) is 1.74. The summed E-state index contributed by atoms with van der Waals surface area (Å²) in [5.74, 6) is 1.44. The number of alkyl halides is 3. The van der Waals surface area contributed by atoms with Crippen molar-refractivity contribution in [1.29, 1.82) is 0 Å². The molecule has 7 nitrogen and oxygen atoms in total. The number of halogens is 4. The van der Waals surface area contributed by atoms with Gasteiger partial charge in [0.15, 0.2) is 17.5 Å². The molecule has 0 spiro atoms. The highest BCUT2D eigenvalue weighted by atomic mass is 127. The molecule has 2 aromatic heterocycles. The first-order valence-electron chi connectivity index (χ1n) is 7.21. The van der Waals surface area contributed by atoms with Gasteiger partial charge in [0.25, 0.3) is 0 Å². The third-order valence-corrected chi connectivity index (χ3v) is 3.67. The fraction of sp³-hybridized carbons (Fsp3) is 0.538. The molecule has 140 valence electrons. The first-order valence-corrected chi connectivity index (χ1v) is 8.09. The van der Waals surface area contributed by atoms with Gasteiger partial charge in [-0.25, -0.2) is 9.98 Å². The minimum atomic E-state index is -4.40. The Hall–Kier alpha value is -1.44. The van der Waals surface area contributed by atoms with E-state index in [4.69, 9.17) is 4.52 Å². The van der Waals surface area contributed by atoms with Gasteiger partial charge in [0.05, 0.1) is 5.01 Å². The molecule has 0 radical (unpaired) electrons. The number of thiazole rings is 1. The lowest BCUT2D eigenvalue weighted by Crippen LogP contribution is -2.38. The molecule has 0 aliphatic rings. The van der Waals surface area contributed by atoms with E-state index in [1.165, 1.54) is 0 Å². The summed E-state index contributed by atoms with van der Waals surface area (Å²) in [4.78, 5) is 11.9. The average Bonchev–Trinajstić information content (AvgIpc) is 3.13. The molecule has 12 heteroatoms. The molecule has 2 rings (SSSR count). The number of rotatable bonds is 6. The van der Waals surface area contributed by atoms with Crippen LogP contribution in [0.2, 0.25) is 0 Å². The predicted octanol–water partition coefficient (Wildman–Crippen LogP) is 2.77. The van der Waals surface area contributed by atoms with Crippen LogP contribution in [0.4, 0.5) is 13.2 Å². The van der Waals surface area contributed by atoms with E-state index in [2.05, 4.69) is 30.8 Å². The van der Waals surface area contributed by atoms with Gasteiger partial charge in [0.2, 0.25) is 5.89 Å². The van der Waals surface area contributed by atoms with Crippen LogP contribution in [-0.4, -0.2) is 34.2 Å². The van der Waals surface area contributed by atoms with Gasteiger partial charge in [-0.15, -0.1) is 35.3 Å². The first kappa shape index (κ1) is 21.6. The number of aliphatic imine (C=N–C) groups is 1. The van der Waals surface area contributed by atoms with Crippen molar-refractivity contribution in [3.63, 3.8) is 0 Å². The number of nitrogens with one attached hydrogen (secondary N) is 2. The highest BCUT2D eigenvalue weighted by Gasteiger charge is 2.33. The molecule has 0 fully saturated rings. The Morgan fingerprint density at radius 3 is 2.64 bits per heavy atom. The first-order chi connectivity index (χ1) is 11.4. The van der Waals surface area contributed by atoms with E-state index in [-0.39, 0.29) is 30.5 Å². The fourth-order valence-corrected chi connectivity index (χ4v) is 2.55. The minimum Gasteiger partial charge on any atom is -0.357 e. The zero-order chi connectivity index (χ0) is 17.6. The van der Waals surface area contributed by atoms with E-state index in [0.717, 1.165) is 16.7 Å². The van der Waals surface area contributed by atoms with E-state index in [1.807, 2.05) is 6.92 Å². The molecular weight excluding hydrogens is 472 g/mol. The van der Waals surface area contributed by atoms with E-state index in [1.54, 1.807) is 6.92 Å². The molecule has 0 amide bonds. The van der Waals surface area contributed by atoms with Gasteiger partial charge in [-0.3, -0.25) is 0 Å². The summed E-state index contributed by atoms with van der Waals surface area (Å²) in [7, 11) is 0.